The van der Waals surface area contributed by atoms with E-state index < -0.39 is 0 Å². The molecule has 1 heterocycles. The van der Waals surface area contributed by atoms with Gasteiger partial charge in [0, 0.05) is 19.1 Å². The van der Waals surface area contributed by atoms with E-state index >= 15 is 0 Å². The van der Waals surface area contributed by atoms with Crippen LogP contribution < -0.4 is 20.1 Å². The van der Waals surface area contributed by atoms with Gasteiger partial charge < -0.3 is 25.0 Å². The molecular weight excluding hydrogens is 443 g/mol. The van der Waals surface area contributed by atoms with Crippen molar-refractivity contribution in [2.75, 3.05) is 47.4 Å². The number of benzene rings is 1. The molecule has 1 atom stereocenters. The molecule has 0 bridgehead atoms. The summed E-state index contributed by atoms with van der Waals surface area (Å²) in [4.78, 5) is 7.15. The highest BCUT2D eigenvalue weighted by Crippen LogP contribution is 2.27. The second-order valence-corrected chi connectivity index (χ2v) is 6.36. The van der Waals surface area contributed by atoms with Gasteiger partial charge in [0.25, 0.3) is 0 Å². The number of likely N-dealkylation sites (tertiary alicyclic amines) is 1. The molecular formula is C19H33IN4O2. The molecule has 1 fully saturated rings. The van der Waals surface area contributed by atoms with Crippen molar-refractivity contribution in [3.63, 3.8) is 0 Å². The first kappa shape index (κ1) is 22.8. The number of hydrogen-bond donors (Lipinski definition) is 2. The maximum Gasteiger partial charge on any atom is 0.191 e. The monoisotopic (exact) mass is 476 g/mol. The van der Waals surface area contributed by atoms with Gasteiger partial charge in [-0.2, -0.15) is 0 Å². The van der Waals surface area contributed by atoms with Crippen LogP contribution in [0.2, 0.25) is 0 Å². The zero-order valence-corrected chi connectivity index (χ0v) is 18.7. The minimum atomic E-state index is 0. The van der Waals surface area contributed by atoms with Gasteiger partial charge in [0.1, 0.15) is 0 Å². The highest BCUT2D eigenvalue weighted by Gasteiger charge is 2.20. The summed E-state index contributed by atoms with van der Waals surface area (Å²) in [5.74, 6) is 2.42. The third-order valence-corrected chi connectivity index (χ3v) is 4.63. The molecule has 2 N–H and O–H groups in total. The summed E-state index contributed by atoms with van der Waals surface area (Å²) in [6.45, 7) is 5.81. The number of ether oxygens (including phenoxy) is 2. The Morgan fingerprint density at radius 3 is 2.62 bits per heavy atom. The summed E-state index contributed by atoms with van der Waals surface area (Å²) >= 11 is 0. The van der Waals surface area contributed by atoms with Gasteiger partial charge in [0.05, 0.1) is 20.8 Å². The first-order valence-corrected chi connectivity index (χ1v) is 9.11. The molecule has 1 aromatic rings. The number of halogens is 1. The average Bonchev–Trinajstić information content (AvgIpc) is 3.04. The summed E-state index contributed by atoms with van der Waals surface area (Å²) in [5.41, 5.74) is 1.21. The van der Waals surface area contributed by atoms with Crippen LogP contribution in [0, 0.1) is 0 Å². The fourth-order valence-corrected chi connectivity index (χ4v) is 3.11. The molecule has 1 aliphatic heterocycles. The molecule has 0 aromatic heterocycles. The largest absolute Gasteiger partial charge is 0.493 e. The summed E-state index contributed by atoms with van der Waals surface area (Å²) in [6.07, 6.45) is 3.42. The lowest BCUT2D eigenvalue weighted by atomic mass is 10.1. The van der Waals surface area contributed by atoms with E-state index in [4.69, 9.17) is 14.5 Å². The van der Waals surface area contributed by atoms with E-state index in [0.29, 0.717) is 6.04 Å². The Hall–Kier alpha value is -1.22. The van der Waals surface area contributed by atoms with Gasteiger partial charge >= 0.3 is 0 Å². The standard InChI is InChI=1S/C19H32N4O2.HI/c1-5-20-19(22-14-16-7-6-12-23(16)2)21-11-10-15-8-9-17(24-3)18(13-15)25-4;/h8-9,13,16H,5-7,10-12,14H2,1-4H3,(H2,20,21,22);1H. The second-order valence-electron chi connectivity index (χ2n) is 6.36. The van der Waals surface area contributed by atoms with Crippen molar-refractivity contribution in [2.45, 2.75) is 32.2 Å². The molecule has 0 radical (unpaired) electrons. The number of guanidine groups is 1. The molecule has 0 saturated carbocycles. The molecule has 7 heteroatoms. The normalized spacial score (nSPS) is 17.5. The van der Waals surface area contributed by atoms with Gasteiger partial charge in [-0.05, 0) is 57.5 Å². The lowest BCUT2D eigenvalue weighted by Crippen LogP contribution is -2.39. The summed E-state index contributed by atoms with van der Waals surface area (Å²) in [5, 5.41) is 6.75. The number of nitrogens with one attached hydrogen (secondary N) is 2. The maximum absolute atomic E-state index is 5.36. The predicted molar refractivity (Wildman–Crippen MR) is 118 cm³/mol. The Morgan fingerprint density at radius 2 is 2.00 bits per heavy atom. The highest BCUT2D eigenvalue weighted by atomic mass is 127. The van der Waals surface area contributed by atoms with Gasteiger partial charge in [-0.3, -0.25) is 4.99 Å². The fourth-order valence-electron chi connectivity index (χ4n) is 3.11. The van der Waals surface area contributed by atoms with Crippen molar-refractivity contribution in [3.05, 3.63) is 23.8 Å². The number of aliphatic imine (C=N–C) groups is 1. The highest BCUT2D eigenvalue weighted by molar-refractivity contribution is 14.0. The molecule has 1 aromatic carbocycles. The van der Waals surface area contributed by atoms with Crippen LogP contribution in [0.5, 0.6) is 11.5 Å². The van der Waals surface area contributed by atoms with Gasteiger partial charge in [-0.25, -0.2) is 0 Å². The van der Waals surface area contributed by atoms with Crippen molar-refractivity contribution < 1.29 is 9.47 Å². The average molecular weight is 476 g/mol. The Kier molecular flexibility index (Phi) is 10.7. The number of nitrogens with zero attached hydrogens (tertiary/aromatic N) is 2. The number of methoxy groups -OCH3 is 2. The number of hydrogen-bond acceptors (Lipinski definition) is 4. The van der Waals surface area contributed by atoms with Gasteiger partial charge in [0.15, 0.2) is 17.5 Å². The van der Waals surface area contributed by atoms with E-state index in [2.05, 4.69) is 35.6 Å². The van der Waals surface area contributed by atoms with Gasteiger partial charge in [-0.15, -0.1) is 24.0 Å². The lowest BCUT2D eigenvalue weighted by Gasteiger charge is -2.18. The smallest absolute Gasteiger partial charge is 0.191 e. The molecule has 1 aliphatic rings. The van der Waals surface area contributed by atoms with Crippen LogP contribution in [0.25, 0.3) is 0 Å². The molecule has 0 spiro atoms. The number of rotatable bonds is 8. The zero-order chi connectivity index (χ0) is 18.1. The van der Waals surface area contributed by atoms with Crippen LogP contribution in [0.1, 0.15) is 25.3 Å². The Labute approximate surface area is 174 Å². The Bertz CT molecular complexity index is 568. The lowest BCUT2D eigenvalue weighted by molar-refractivity contribution is 0.317. The van der Waals surface area contributed by atoms with Crippen LogP contribution in [0.15, 0.2) is 23.2 Å². The van der Waals surface area contributed by atoms with Gasteiger partial charge in [0.2, 0.25) is 0 Å². The van der Waals surface area contributed by atoms with E-state index in [-0.39, 0.29) is 24.0 Å². The Morgan fingerprint density at radius 1 is 1.23 bits per heavy atom. The van der Waals surface area contributed by atoms with E-state index in [1.54, 1.807) is 14.2 Å². The van der Waals surface area contributed by atoms with Crippen LogP contribution in [-0.2, 0) is 6.42 Å². The summed E-state index contributed by atoms with van der Waals surface area (Å²) in [6, 6.07) is 6.61. The van der Waals surface area contributed by atoms with Crippen molar-refractivity contribution in [1.29, 1.82) is 0 Å². The summed E-state index contributed by atoms with van der Waals surface area (Å²) in [7, 11) is 5.50. The van der Waals surface area contributed by atoms with E-state index in [1.165, 1.54) is 24.9 Å². The maximum atomic E-state index is 5.36. The molecule has 1 saturated heterocycles. The van der Waals surface area contributed by atoms with Crippen LogP contribution in [-0.4, -0.2) is 64.3 Å². The molecule has 1 unspecified atom stereocenters. The molecule has 2 rings (SSSR count). The van der Waals surface area contributed by atoms with Crippen molar-refractivity contribution in [2.24, 2.45) is 4.99 Å². The van der Waals surface area contributed by atoms with E-state index in [9.17, 15) is 0 Å². The van der Waals surface area contributed by atoms with Crippen LogP contribution in [0.3, 0.4) is 0 Å². The molecule has 148 valence electrons. The van der Waals surface area contributed by atoms with Gasteiger partial charge in [-0.1, -0.05) is 6.07 Å². The van der Waals surface area contributed by atoms with Crippen LogP contribution >= 0.6 is 24.0 Å². The summed E-state index contributed by atoms with van der Waals surface area (Å²) < 4.78 is 10.6. The first-order valence-electron chi connectivity index (χ1n) is 9.11. The topological polar surface area (TPSA) is 58.1 Å². The SMILES string of the molecule is CCNC(=NCC1CCCN1C)NCCc1ccc(OC)c(OC)c1.I. The first-order chi connectivity index (χ1) is 12.2. The number of likely N-dealkylation sites (N-methyl/N-ethyl adjacent to an activating group) is 1. The molecule has 26 heavy (non-hydrogen) atoms. The van der Waals surface area contributed by atoms with Crippen molar-refractivity contribution in [1.82, 2.24) is 15.5 Å². The fraction of sp³-hybridized carbons (Fsp3) is 0.632. The third-order valence-electron chi connectivity index (χ3n) is 4.63. The van der Waals surface area contributed by atoms with Crippen molar-refractivity contribution >= 4 is 29.9 Å². The Balaban J connectivity index is 0.00000338. The quantitative estimate of drug-likeness (QED) is 0.343. The minimum absolute atomic E-state index is 0. The van der Waals surface area contributed by atoms with Crippen LogP contribution in [0.4, 0.5) is 0 Å². The van der Waals surface area contributed by atoms with Crippen molar-refractivity contribution in [3.8, 4) is 11.5 Å². The second kappa shape index (κ2) is 12.2. The third kappa shape index (κ3) is 6.83. The molecule has 6 nitrogen and oxygen atoms in total. The predicted octanol–water partition coefficient (Wildman–Crippen LogP) is 2.51. The minimum Gasteiger partial charge on any atom is -0.493 e. The molecule has 0 amide bonds. The van der Waals surface area contributed by atoms with E-state index in [1.807, 2.05) is 12.1 Å². The zero-order valence-electron chi connectivity index (χ0n) is 16.4. The van der Waals surface area contributed by atoms with E-state index in [0.717, 1.165) is 43.5 Å². The molecule has 0 aliphatic carbocycles.